The van der Waals surface area contributed by atoms with Crippen molar-refractivity contribution in [1.29, 1.82) is 0 Å². The van der Waals surface area contributed by atoms with Gasteiger partial charge in [-0.3, -0.25) is 4.79 Å². The number of hydrogen-bond donors (Lipinski definition) is 2. The zero-order valence-corrected chi connectivity index (χ0v) is 21.7. The Morgan fingerprint density at radius 1 is 1.30 bits per heavy atom. The number of aryl methyl sites for hydroxylation is 1. The van der Waals surface area contributed by atoms with Crippen molar-refractivity contribution in [1.82, 2.24) is 40.4 Å². The third-order valence-electron chi connectivity index (χ3n) is 7.42. The largest absolute Gasteiger partial charge is 0.382 e. The SMILES string of the molecule is COCC(c1cnn2cc(C(NC(=O)c3nonc3C)C3CCC(F)(F)CC3)nc2c1)N1CC(C(F)F)NC1=O. The first kappa shape index (κ1) is 27.7. The number of hydrogen-bond acceptors (Lipinski definition) is 8. The van der Waals surface area contributed by atoms with Gasteiger partial charge in [0.2, 0.25) is 5.92 Å². The Hall–Kier alpha value is -3.82. The second-order valence-corrected chi connectivity index (χ2v) is 10.1. The maximum Gasteiger partial charge on any atom is 0.318 e. The highest BCUT2D eigenvalue weighted by atomic mass is 19.3. The summed E-state index contributed by atoms with van der Waals surface area (Å²) in [5, 5.41) is 16.7. The lowest BCUT2D eigenvalue weighted by Gasteiger charge is -2.33. The number of alkyl halides is 4. The Morgan fingerprint density at radius 2 is 2.05 bits per heavy atom. The predicted octanol–water partition coefficient (Wildman–Crippen LogP) is 3.06. The predicted molar refractivity (Wildman–Crippen MR) is 129 cm³/mol. The number of rotatable bonds is 9. The Morgan fingerprint density at radius 3 is 2.67 bits per heavy atom. The lowest BCUT2D eigenvalue weighted by molar-refractivity contribution is -0.0495. The summed E-state index contributed by atoms with van der Waals surface area (Å²) in [6.45, 7) is 1.36. The summed E-state index contributed by atoms with van der Waals surface area (Å²) in [5.74, 6) is -3.69. The van der Waals surface area contributed by atoms with Crippen LogP contribution in [0.15, 0.2) is 23.1 Å². The molecule has 216 valence electrons. The van der Waals surface area contributed by atoms with E-state index in [0.717, 1.165) is 0 Å². The van der Waals surface area contributed by atoms with E-state index < -0.39 is 42.4 Å². The van der Waals surface area contributed by atoms with Crippen LogP contribution in [0.3, 0.4) is 0 Å². The van der Waals surface area contributed by atoms with E-state index in [0.29, 0.717) is 16.9 Å². The highest BCUT2D eigenvalue weighted by Gasteiger charge is 2.41. The van der Waals surface area contributed by atoms with Gasteiger partial charge < -0.3 is 20.3 Å². The number of ether oxygens (including phenoxy) is 1. The van der Waals surface area contributed by atoms with E-state index in [9.17, 15) is 27.2 Å². The number of imidazole rings is 1. The Labute approximate surface area is 225 Å². The molecule has 0 spiro atoms. The molecule has 4 heterocycles. The average molecular weight is 569 g/mol. The fraction of sp³-hybridized carbons (Fsp3) is 0.583. The first-order valence-corrected chi connectivity index (χ1v) is 12.7. The molecule has 3 aromatic rings. The Balaban J connectivity index is 1.45. The van der Waals surface area contributed by atoms with Crippen LogP contribution in [-0.4, -0.2) is 80.4 Å². The van der Waals surface area contributed by atoms with Crippen LogP contribution in [0.1, 0.15) is 65.2 Å². The zero-order valence-electron chi connectivity index (χ0n) is 21.7. The van der Waals surface area contributed by atoms with E-state index in [1.807, 2.05) is 0 Å². The van der Waals surface area contributed by atoms with Crippen molar-refractivity contribution in [2.45, 2.75) is 63.1 Å². The summed E-state index contributed by atoms with van der Waals surface area (Å²) in [7, 11) is 1.43. The van der Waals surface area contributed by atoms with Crippen molar-refractivity contribution in [3.63, 3.8) is 0 Å². The molecule has 12 nitrogen and oxygen atoms in total. The molecule has 3 unspecified atom stereocenters. The van der Waals surface area contributed by atoms with Gasteiger partial charge in [-0.2, -0.15) is 5.10 Å². The lowest BCUT2D eigenvalue weighted by atomic mass is 9.81. The second kappa shape index (κ2) is 11.0. The monoisotopic (exact) mass is 568 g/mol. The van der Waals surface area contributed by atoms with Gasteiger partial charge in [-0.05, 0) is 36.9 Å². The van der Waals surface area contributed by atoms with Gasteiger partial charge in [0.1, 0.15) is 11.7 Å². The van der Waals surface area contributed by atoms with Crippen molar-refractivity contribution < 1.29 is 36.5 Å². The van der Waals surface area contributed by atoms with Crippen molar-refractivity contribution in [2.75, 3.05) is 20.3 Å². The van der Waals surface area contributed by atoms with E-state index >= 15 is 0 Å². The minimum absolute atomic E-state index is 0.0227. The first-order valence-electron chi connectivity index (χ1n) is 12.7. The number of carbonyl (C=O) groups excluding carboxylic acids is 2. The molecule has 1 saturated heterocycles. The van der Waals surface area contributed by atoms with E-state index in [2.05, 4.69) is 35.7 Å². The molecule has 3 aromatic heterocycles. The summed E-state index contributed by atoms with van der Waals surface area (Å²) in [4.78, 5) is 31.3. The zero-order chi connectivity index (χ0) is 28.6. The van der Waals surface area contributed by atoms with Crippen LogP contribution in [-0.2, 0) is 4.74 Å². The molecule has 0 aromatic carbocycles. The molecule has 2 aliphatic rings. The van der Waals surface area contributed by atoms with Crippen LogP contribution in [0.5, 0.6) is 0 Å². The van der Waals surface area contributed by atoms with E-state index in [1.54, 1.807) is 19.2 Å². The summed E-state index contributed by atoms with van der Waals surface area (Å²) < 4.78 is 65.7. The molecule has 1 aliphatic carbocycles. The summed E-state index contributed by atoms with van der Waals surface area (Å²) >= 11 is 0. The van der Waals surface area contributed by atoms with Gasteiger partial charge in [0.25, 0.3) is 12.3 Å². The van der Waals surface area contributed by atoms with Crippen molar-refractivity contribution in [3.05, 3.63) is 41.1 Å². The molecule has 1 saturated carbocycles. The third-order valence-corrected chi connectivity index (χ3v) is 7.42. The normalized spacial score (nSPS) is 21.1. The smallest absolute Gasteiger partial charge is 0.318 e. The standard InChI is InChI=1S/C24H28F4N8O4/c1-12-19(34-40-33-12)22(37)32-20(13-3-5-24(27,28)6-4-13)15-10-36-18(30-15)7-14(8-29-36)17(11-39-2)35-9-16(21(25)26)31-23(35)38/h7-8,10,13,16-17,20-21H,3-6,9,11H2,1-2H3,(H,31,38)(H,32,37). The molecule has 16 heteroatoms. The number of aromatic nitrogens is 5. The molecule has 2 fully saturated rings. The number of halogens is 4. The topological polar surface area (TPSA) is 140 Å². The number of amides is 3. The fourth-order valence-corrected chi connectivity index (χ4v) is 5.24. The van der Waals surface area contributed by atoms with Crippen molar-refractivity contribution in [2.24, 2.45) is 5.92 Å². The maximum atomic E-state index is 13.9. The molecular formula is C24H28F4N8O4. The van der Waals surface area contributed by atoms with Gasteiger partial charge in [0.05, 0.1) is 36.8 Å². The van der Waals surface area contributed by atoms with Crippen LogP contribution in [0, 0.1) is 12.8 Å². The third kappa shape index (κ3) is 5.57. The van der Waals surface area contributed by atoms with Gasteiger partial charge >= 0.3 is 6.03 Å². The van der Waals surface area contributed by atoms with E-state index in [-0.39, 0.29) is 56.1 Å². The summed E-state index contributed by atoms with van der Waals surface area (Å²) in [6, 6.07) is -1.77. The maximum absolute atomic E-state index is 13.9. The Kier molecular flexibility index (Phi) is 7.61. The second-order valence-electron chi connectivity index (χ2n) is 10.1. The molecule has 5 rings (SSSR count). The minimum atomic E-state index is -2.77. The molecular weight excluding hydrogens is 540 g/mol. The highest BCUT2D eigenvalue weighted by molar-refractivity contribution is 5.93. The van der Waals surface area contributed by atoms with Crippen LogP contribution < -0.4 is 10.6 Å². The van der Waals surface area contributed by atoms with E-state index in [1.165, 1.54) is 22.7 Å². The molecule has 0 bridgehead atoms. The number of urea groups is 1. The average Bonchev–Trinajstić information content (AvgIpc) is 3.63. The molecule has 0 radical (unpaired) electrons. The van der Waals surface area contributed by atoms with Gasteiger partial charge in [0.15, 0.2) is 11.3 Å². The number of nitrogens with zero attached hydrogens (tertiary/aromatic N) is 6. The number of nitrogens with one attached hydrogen (secondary N) is 2. The van der Waals surface area contributed by atoms with Crippen LogP contribution >= 0.6 is 0 Å². The molecule has 1 aliphatic heterocycles. The highest BCUT2D eigenvalue weighted by Crippen LogP contribution is 2.41. The van der Waals surface area contributed by atoms with Crippen LogP contribution in [0.2, 0.25) is 0 Å². The van der Waals surface area contributed by atoms with Gasteiger partial charge in [0, 0.05) is 32.1 Å². The molecule has 3 amide bonds. The minimum Gasteiger partial charge on any atom is -0.382 e. The first-order chi connectivity index (χ1) is 19.1. The summed E-state index contributed by atoms with van der Waals surface area (Å²) in [5.41, 5.74) is 1.49. The quantitative estimate of drug-likeness (QED) is 0.376. The van der Waals surface area contributed by atoms with Crippen LogP contribution in [0.4, 0.5) is 22.4 Å². The Bertz CT molecular complexity index is 1370. The van der Waals surface area contributed by atoms with Crippen molar-refractivity contribution in [3.8, 4) is 0 Å². The van der Waals surface area contributed by atoms with Gasteiger partial charge in [-0.15, -0.1) is 0 Å². The molecule has 40 heavy (non-hydrogen) atoms. The molecule has 3 atom stereocenters. The van der Waals surface area contributed by atoms with E-state index in [4.69, 9.17) is 4.74 Å². The fourth-order valence-electron chi connectivity index (χ4n) is 5.24. The summed E-state index contributed by atoms with van der Waals surface area (Å²) in [6.07, 6.45) is 0.0189. The number of fused-ring (bicyclic) bond motifs is 1. The van der Waals surface area contributed by atoms with Crippen molar-refractivity contribution >= 4 is 17.6 Å². The van der Waals surface area contributed by atoms with Crippen LogP contribution in [0.25, 0.3) is 5.65 Å². The van der Waals surface area contributed by atoms with Gasteiger partial charge in [-0.1, -0.05) is 5.16 Å². The molecule has 2 N–H and O–H groups in total. The van der Waals surface area contributed by atoms with Gasteiger partial charge in [-0.25, -0.2) is 36.5 Å². The number of methoxy groups -OCH3 is 1. The number of carbonyl (C=O) groups is 2. The lowest BCUT2D eigenvalue weighted by Crippen LogP contribution is -2.37.